The van der Waals surface area contributed by atoms with Gasteiger partial charge < -0.3 is 50.9 Å². The van der Waals surface area contributed by atoms with Gasteiger partial charge in [-0.3, -0.25) is 24.3 Å². The fraction of sp³-hybridized carbons (Fsp3) is 0.458. The zero-order chi connectivity index (χ0) is 55.2. The first-order valence-electron chi connectivity index (χ1n) is 27.6. The number of aromatic hydroxyl groups is 1. The Morgan fingerprint density at radius 1 is 0.861 bits per heavy atom. The summed E-state index contributed by atoms with van der Waals surface area (Å²) in [6.07, 6.45) is 7.73. The lowest BCUT2D eigenvalue weighted by atomic mass is 9.85. The molecule has 8 heterocycles. The highest BCUT2D eigenvalue weighted by Gasteiger charge is 2.45. The molecule has 6 aromatic rings. The average molecular weight is 1090 g/mol. The molecular formula is C59H73N13O6S. The number of hydrogen-bond donors (Lipinski definition) is 5. The maximum absolute atomic E-state index is 14.2. The van der Waals surface area contributed by atoms with Crippen molar-refractivity contribution >= 4 is 52.1 Å². The molecule has 4 aromatic heterocycles. The lowest BCUT2D eigenvalue weighted by Gasteiger charge is -2.43. The number of thiazole rings is 1. The van der Waals surface area contributed by atoms with Crippen molar-refractivity contribution in [2.75, 3.05) is 86.0 Å². The molecule has 4 aliphatic heterocycles. The summed E-state index contributed by atoms with van der Waals surface area (Å²) in [7, 11) is 0. The minimum absolute atomic E-state index is 0.0150. The largest absolute Gasteiger partial charge is 0.507 e. The van der Waals surface area contributed by atoms with E-state index >= 15 is 0 Å². The van der Waals surface area contributed by atoms with Crippen LogP contribution in [0.1, 0.15) is 69.0 Å². The third kappa shape index (κ3) is 13.1. The molecule has 3 amide bonds. The number of benzene rings is 2. The van der Waals surface area contributed by atoms with Crippen molar-refractivity contribution in [2.24, 2.45) is 5.41 Å². The number of aliphatic hydroxyl groups is 1. The normalized spacial score (nSPS) is 19.9. The van der Waals surface area contributed by atoms with Crippen molar-refractivity contribution in [2.45, 2.75) is 103 Å². The van der Waals surface area contributed by atoms with Crippen LogP contribution in [0.4, 0.5) is 23.0 Å². The number of amides is 3. The summed E-state index contributed by atoms with van der Waals surface area (Å²) in [5, 5.41) is 35.7. The van der Waals surface area contributed by atoms with Crippen molar-refractivity contribution in [3.63, 3.8) is 0 Å². The second kappa shape index (κ2) is 24.4. The third-order valence-corrected chi connectivity index (χ3v) is 16.7. The molecule has 4 saturated heterocycles. The van der Waals surface area contributed by atoms with Gasteiger partial charge in [-0.05, 0) is 97.5 Å². The van der Waals surface area contributed by atoms with Crippen LogP contribution in [0.5, 0.6) is 5.75 Å². The number of aromatic nitrogens is 5. The Labute approximate surface area is 466 Å². The molecule has 3 unspecified atom stereocenters. The van der Waals surface area contributed by atoms with Gasteiger partial charge in [-0.15, -0.1) is 21.5 Å². The number of anilines is 4. The monoisotopic (exact) mass is 1090 g/mol. The van der Waals surface area contributed by atoms with E-state index in [1.165, 1.54) is 10.6 Å². The molecule has 4 aliphatic rings. The van der Waals surface area contributed by atoms with E-state index in [4.69, 9.17) is 20.4 Å². The fourth-order valence-electron chi connectivity index (χ4n) is 11.5. The lowest BCUT2D eigenvalue weighted by molar-refractivity contribution is -0.144. The highest BCUT2D eigenvalue weighted by Crippen LogP contribution is 2.39. The summed E-state index contributed by atoms with van der Waals surface area (Å²) in [5.74, 6) is 0.450. The molecule has 416 valence electrons. The van der Waals surface area contributed by atoms with E-state index < -0.39 is 23.6 Å². The number of ether oxygens (including phenoxy) is 1. The van der Waals surface area contributed by atoms with E-state index in [2.05, 4.69) is 63.6 Å². The van der Waals surface area contributed by atoms with Gasteiger partial charge in [0.15, 0.2) is 5.82 Å². The zero-order valence-electron chi connectivity index (χ0n) is 45.6. The number of nitrogens with zero attached hydrogens (tertiary/aromatic N) is 10. The maximum Gasteiger partial charge on any atom is 0.246 e. The number of phenols is 1. The SMILES string of the molecule is Cc1ncsc1-c1ccc(CNC(=O)[C@@H]2C[C@@H](O)CN2C(=O)C(NC(=O)CN2CCN(c3ccc(CCOCCCc4cc(N5C6CCC5CN(c5cc(-c7ccccc7O)nnc5N)C6)ccn4)cn3)CC2)C(C)(C)C)cc1. The minimum Gasteiger partial charge on any atom is -0.507 e. The van der Waals surface area contributed by atoms with E-state index in [1.807, 2.05) is 94.1 Å². The average Bonchev–Trinajstić information content (AvgIpc) is 4.24. The molecule has 6 N–H and O–H groups in total. The number of fused-ring (bicyclic) bond motifs is 2. The van der Waals surface area contributed by atoms with E-state index in [-0.39, 0.29) is 49.5 Å². The number of phenolic OH excluding ortho intramolecular Hbond substituents is 1. The Balaban J connectivity index is 0.628. The Morgan fingerprint density at radius 3 is 2.33 bits per heavy atom. The molecule has 0 spiro atoms. The number of aliphatic hydroxyl groups excluding tert-OH is 1. The van der Waals surface area contributed by atoms with Crippen molar-refractivity contribution in [1.29, 1.82) is 0 Å². The smallest absolute Gasteiger partial charge is 0.246 e. The number of pyridine rings is 2. The van der Waals surface area contributed by atoms with Crippen LogP contribution in [0, 0.1) is 12.3 Å². The first-order valence-corrected chi connectivity index (χ1v) is 28.5. The van der Waals surface area contributed by atoms with E-state index in [1.54, 1.807) is 23.5 Å². The van der Waals surface area contributed by atoms with Crippen LogP contribution in [0.25, 0.3) is 21.7 Å². The first-order chi connectivity index (χ1) is 38.1. The Hall–Kier alpha value is -7.26. The zero-order valence-corrected chi connectivity index (χ0v) is 46.4. The van der Waals surface area contributed by atoms with Crippen LogP contribution in [0.3, 0.4) is 0 Å². The number of nitrogens with two attached hydrogens (primary N) is 1. The van der Waals surface area contributed by atoms with Crippen molar-refractivity contribution in [3.05, 3.63) is 119 Å². The molecule has 4 fully saturated rings. The summed E-state index contributed by atoms with van der Waals surface area (Å²) in [6, 6.07) is 24.4. The van der Waals surface area contributed by atoms with Gasteiger partial charge in [-0.1, -0.05) is 63.2 Å². The van der Waals surface area contributed by atoms with E-state index in [9.17, 15) is 24.6 Å². The molecule has 2 aromatic carbocycles. The number of piperazine rings is 2. The number of hydrogen-bond acceptors (Lipinski definition) is 17. The topological polar surface area (TPSA) is 232 Å². The molecule has 0 aliphatic carbocycles. The quantitative estimate of drug-likeness (QED) is 0.0619. The molecule has 0 radical (unpaired) electrons. The fourth-order valence-corrected chi connectivity index (χ4v) is 12.3. The minimum atomic E-state index is -0.901. The van der Waals surface area contributed by atoms with Gasteiger partial charge >= 0.3 is 0 Å². The number of β-amino-alcohol motifs (C(OH)–C–C–N with tert-alkyl or cyclic N) is 1. The molecule has 10 rings (SSSR count). The molecule has 0 saturated carbocycles. The number of carbonyl (C=O) groups is 3. The number of nitrogen functional groups attached to an aromatic ring is 1. The van der Waals surface area contributed by atoms with Crippen LogP contribution in [-0.2, 0) is 38.5 Å². The second-order valence-electron chi connectivity index (χ2n) is 22.4. The van der Waals surface area contributed by atoms with Crippen molar-refractivity contribution in [3.8, 4) is 27.4 Å². The number of rotatable bonds is 19. The lowest BCUT2D eigenvalue weighted by Crippen LogP contribution is -2.59. The van der Waals surface area contributed by atoms with Crippen molar-refractivity contribution < 1.29 is 29.3 Å². The van der Waals surface area contributed by atoms with E-state index in [0.29, 0.717) is 68.6 Å². The number of likely N-dealkylation sites (tertiary alicyclic amines) is 1. The Morgan fingerprint density at radius 2 is 1.62 bits per heavy atom. The summed E-state index contributed by atoms with van der Waals surface area (Å²) < 4.78 is 6.08. The molecule has 79 heavy (non-hydrogen) atoms. The van der Waals surface area contributed by atoms with Crippen LogP contribution in [-0.4, -0.2) is 159 Å². The highest BCUT2D eigenvalue weighted by molar-refractivity contribution is 7.13. The molecular weight excluding hydrogens is 1020 g/mol. The summed E-state index contributed by atoms with van der Waals surface area (Å²) in [4.78, 5) is 66.9. The Kier molecular flexibility index (Phi) is 17.0. The standard InChI is InChI=1S/C59H73N13O6S/c1-38-54(79-37-64-38)41-14-11-39(12-15-41)32-63-57(76)50-29-46(73)35-71(50)58(77)55(59(2,3)4)65-53(75)36-68-22-24-69(25-23-68)52-18-13-40(31-62-52)20-27-78-26-7-8-42-28-43(19-21-61-42)72-44-16-17-45(72)34-70(33-44)49-30-48(66-67-56(49)60)47-9-5-6-10-51(47)74/h5-6,9-15,18-19,21,28,30-31,37,44-46,50,55,73-74H,7-8,16-17,20,22-27,29,32-36H2,1-4H3,(H2,60,67)(H,63,76)(H,65,75)/t44?,45?,46-,50+,55?/m1/s1. The van der Waals surface area contributed by atoms with Gasteiger partial charge in [0.25, 0.3) is 0 Å². The van der Waals surface area contributed by atoms with Gasteiger partial charge in [0.05, 0.1) is 46.7 Å². The van der Waals surface area contributed by atoms with Gasteiger partial charge in [0.1, 0.15) is 23.7 Å². The van der Waals surface area contributed by atoms with E-state index in [0.717, 1.165) is 89.7 Å². The molecule has 20 heteroatoms. The second-order valence-corrected chi connectivity index (χ2v) is 23.3. The third-order valence-electron chi connectivity index (χ3n) is 15.7. The van der Waals surface area contributed by atoms with Gasteiger partial charge in [0, 0.05) is 107 Å². The summed E-state index contributed by atoms with van der Waals surface area (Å²) >= 11 is 1.58. The maximum atomic E-state index is 14.2. The van der Waals surface area contributed by atoms with Gasteiger partial charge in [-0.25, -0.2) is 9.97 Å². The molecule has 5 atom stereocenters. The predicted molar refractivity (Wildman–Crippen MR) is 307 cm³/mol. The molecule has 2 bridgehead atoms. The number of nitrogens with one attached hydrogen (secondary N) is 2. The number of para-hydroxylation sites is 1. The van der Waals surface area contributed by atoms with Gasteiger partial charge in [-0.2, -0.15) is 0 Å². The first kappa shape index (κ1) is 55.1. The van der Waals surface area contributed by atoms with Crippen LogP contribution in [0.2, 0.25) is 0 Å². The van der Waals surface area contributed by atoms with Crippen LogP contribution < -0.4 is 31.1 Å². The number of carbonyl (C=O) groups excluding carboxylic acids is 3. The number of aryl methyl sites for hydroxylation is 2. The Bertz CT molecular complexity index is 3060. The highest BCUT2D eigenvalue weighted by atomic mass is 32.1. The molecule has 19 nitrogen and oxygen atoms in total. The summed E-state index contributed by atoms with van der Waals surface area (Å²) in [6.45, 7) is 13.6. The van der Waals surface area contributed by atoms with Crippen LogP contribution in [0.15, 0.2) is 96.8 Å². The summed E-state index contributed by atoms with van der Waals surface area (Å²) in [5.41, 5.74) is 15.9. The van der Waals surface area contributed by atoms with Gasteiger partial charge in [0.2, 0.25) is 17.7 Å². The van der Waals surface area contributed by atoms with Crippen LogP contribution >= 0.6 is 11.3 Å². The van der Waals surface area contributed by atoms with Crippen molar-refractivity contribution in [1.82, 2.24) is 45.6 Å². The predicted octanol–water partition coefficient (Wildman–Crippen LogP) is 5.63.